The lowest BCUT2D eigenvalue weighted by molar-refractivity contribution is -0.153. The molecule has 22 heavy (non-hydrogen) atoms. The van der Waals surface area contributed by atoms with Crippen LogP contribution in [0.1, 0.15) is 30.4 Å². The third-order valence-corrected chi connectivity index (χ3v) is 4.27. The van der Waals surface area contributed by atoms with E-state index in [9.17, 15) is 14.9 Å². The van der Waals surface area contributed by atoms with E-state index in [0.29, 0.717) is 0 Å². The Bertz CT molecular complexity index is 716. The first-order valence-corrected chi connectivity index (χ1v) is 7.11. The van der Waals surface area contributed by atoms with E-state index in [2.05, 4.69) is 11.4 Å². The predicted molar refractivity (Wildman–Crippen MR) is 78.7 cm³/mol. The van der Waals surface area contributed by atoms with E-state index in [-0.39, 0.29) is 24.0 Å². The van der Waals surface area contributed by atoms with Crippen LogP contribution in [-0.2, 0) is 14.3 Å². The monoisotopic (exact) mass is 296 g/mol. The molecular weight excluding hydrogens is 280 g/mol. The highest BCUT2D eigenvalue weighted by atomic mass is 16.6. The average molecular weight is 296 g/mol. The molecule has 1 fully saturated rings. The molecule has 2 bridgehead atoms. The molecule has 5 heteroatoms. The van der Waals surface area contributed by atoms with Crippen LogP contribution >= 0.6 is 0 Å². The molecule has 0 aromatic heterocycles. The number of benzene rings is 1. The summed E-state index contributed by atoms with van der Waals surface area (Å²) in [5.74, 6) is -1.00. The molecule has 2 aliphatic rings. The van der Waals surface area contributed by atoms with Crippen LogP contribution in [0.3, 0.4) is 0 Å². The van der Waals surface area contributed by atoms with E-state index in [1.54, 1.807) is 0 Å². The number of nitrogens with one attached hydrogen (secondary N) is 1. The Hall–Kier alpha value is -2.45. The minimum atomic E-state index is -1.44. The van der Waals surface area contributed by atoms with E-state index in [0.717, 1.165) is 11.1 Å². The zero-order chi connectivity index (χ0) is 16.0. The van der Waals surface area contributed by atoms with Gasteiger partial charge in [-0.2, -0.15) is 5.26 Å². The third kappa shape index (κ3) is 2.04. The van der Waals surface area contributed by atoms with Crippen LogP contribution in [0.4, 0.5) is 0 Å². The summed E-state index contributed by atoms with van der Waals surface area (Å²) in [6, 6.07) is 9.96. The molecule has 1 unspecified atom stereocenters. The molecule has 2 aliphatic heterocycles. The van der Waals surface area contributed by atoms with Gasteiger partial charge in [0.15, 0.2) is 5.60 Å². The maximum Gasteiger partial charge on any atom is 0.219 e. The van der Waals surface area contributed by atoms with Gasteiger partial charge in [0.05, 0.1) is 0 Å². The Morgan fingerprint density at radius 3 is 2.68 bits per heavy atom. The van der Waals surface area contributed by atoms with Gasteiger partial charge in [-0.1, -0.05) is 29.8 Å². The van der Waals surface area contributed by atoms with E-state index in [4.69, 9.17) is 4.74 Å². The molecule has 0 aliphatic carbocycles. The smallest absolute Gasteiger partial charge is 0.219 e. The number of rotatable bonds is 2. The Morgan fingerprint density at radius 1 is 1.41 bits per heavy atom. The van der Waals surface area contributed by atoms with Crippen molar-refractivity contribution in [2.75, 3.05) is 0 Å². The van der Waals surface area contributed by atoms with Crippen LogP contribution in [0.2, 0.25) is 0 Å². The van der Waals surface area contributed by atoms with Crippen LogP contribution in [0.25, 0.3) is 0 Å². The Morgan fingerprint density at radius 2 is 2.09 bits per heavy atom. The van der Waals surface area contributed by atoms with Crippen molar-refractivity contribution in [3.8, 4) is 6.07 Å². The first-order valence-electron chi connectivity index (χ1n) is 7.11. The summed E-state index contributed by atoms with van der Waals surface area (Å²) in [5.41, 5.74) is -0.643. The summed E-state index contributed by atoms with van der Waals surface area (Å²) in [7, 11) is 0. The van der Waals surface area contributed by atoms with Crippen LogP contribution in [0.15, 0.2) is 36.4 Å². The lowest BCUT2D eigenvalue weighted by atomic mass is 9.82. The van der Waals surface area contributed by atoms with Crippen molar-refractivity contribution in [3.63, 3.8) is 0 Å². The maximum absolute atomic E-state index is 12.3. The lowest BCUT2D eigenvalue weighted by Crippen LogP contribution is -2.56. The molecule has 1 N–H and O–H groups in total. The number of hydrogen-bond acceptors (Lipinski definition) is 4. The number of amides is 1. The van der Waals surface area contributed by atoms with Crippen molar-refractivity contribution >= 4 is 11.7 Å². The standard InChI is InChI=1S/C17H16N2O3/c1-11-3-5-13(6-4-11)14-9-17(19-12(2)20)15(21)7-8-16(14,10-18)22-17/h3-8,14H,9H2,1-2H3,(H,19,20)/t14?,16-,17+/m0/s1. The third-order valence-electron chi connectivity index (χ3n) is 4.27. The van der Waals surface area contributed by atoms with E-state index >= 15 is 0 Å². The number of ether oxygens (including phenoxy) is 1. The summed E-state index contributed by atoms with van der Waals surface area (Å²) < 4.78 is 5.81. The van der Waals surface area contributed by atoms with Crippen molar-refractivity contribution in [2.24, 2.45) is 0 Å². The molecule has 5 nitrogen and oxygen atoms in total. The van der Waals surface area contributed by atoms with Crippen LogP contribution in [0.5, 0.6) is 0 Å². The number of carbonyl (C=O) groups excluding carboxylic acids is 2. The summed E-state index contributed by atoms with van der Waals surface area (Å²) in [5, 5.41) is 12.2. The molecule has 1 aromatic carbocycles. The molecule has 1 amide bonds. The molecule has 0 radical (unpaired) electrons. The first kappa shape index (κ1) is 14.5. The summed E-state index contributed by atoms with van der Waals surface area (Å²) >= 11 is 0. The fourth-order valence-electron chi connectivity index (χ4n) is 3.20. The largest absolute Gasteiger partial charge is 0.322 e. The van der Waals surface area contributed by atoms with Gasteiger partial charge in [0, 0.05) is 19.3 Å². The fourth-order valence-corrected chi connectivity index (χ4v) is 3.20. The second-order valence-electron chi connectivity index (χ2n) is 5.88. The molecule has 0 spiro atoms. The SMILES string of the molecule is CC(=O)N[C@@]12CC(c3ccc(C)cc3)[C@@](C#N)(C=CC1=O)O2. The molecule has 112 valence electrons. The predicted octanol–water partition coefficient (Wildman–Crippen LogP) is 1.73. The van der Waals surface area contributed by atoms with Crippen molar-refractivity contribution in [2.45, 2.75) is 37.5 Å². The van der Waals surface area contributed by atoms with Crippen LogP contribution in [-0.4, -0.2) is 23.0 Å². The van der Waals surface area contributed by atoms with Gasteiger partial charge in [-0.3, -0.25) is 9.59 Å². The normalized spacial score (nSPS) is 32.6. The number of aryl methyl sites for hydroxylation is 1. The number of carbonyl (C=O) groups is 2. The average Bonchev–Trinajstić information content (AvgIpc) is 2.75. The Balaban J connectivity index is 2.08. The zero-order valence-corrected chi connectivity index (χ0v) is 12.4. The quantitative estimate of drug-likeness (QED) is 0.901. The second kappa shape index (κ2) is 4.79. The van der Waals surface area contributed by atoms with Gasteiger partial charge in [0.1, 0.15) is 6.07 Å². The molecule has 3 rings (SSSR count). The molecule has 2 heterocycles. The van der Waals surface area contributed by atoms with Gasteiger partial charge < -0.3 is 10.1 Å². The van der Waals surface area contributed by atoms with E-state index in [1.165, 1.54) is 19.1 Å². The van der Waals surface area contributed by atoms with Gasteiger partial charge in [0.2, 0.25) is 17.4 Å². The number of hydrogen-bond donors (Lipinski definition) is 1. The number of nitriles is 1. The Kier molecular flexibility index (Phi) is 3.15. The Labute approximate surface area is 128 Å². The van der Waals surface area contributed by atoms with Crippen molar-refractivity contribution in [1.29, 1.82) is 5.26 Å². The van der Waals surface area contributed by atoms with Crippen molar-refractivity contribution in [1.82, 2.24) is 5.32 Å². The molecular formula is C17H16N2O3. The van der Waals surface area contributed by atoms with Gasteiger partial charge in [-0.05, 0) is 24.6 Å². The summed E-state index contributed by atoms with van der Waals surface area (Å²) in [4.78, 5) is 23.7. The summed E-state index contributed by atoms with van der Waals surface area (Å²) in [6.07, 6.45) is 3.10. The minimum absolute atomic E-state index is 0.245. The maximum atomic E-state index is 12.3. The van der Waals surface area contributed by atoms with Crippen molar-refractivity contribution < 1.29 is 14.3 Å². The van der Waals surface area contributed by atoms with Gasteiger partial charge in [-0.25, -0.2) is 0 Å². The highest BCUT2D eigenvalue weighted by Gasteiger charge is 2.61. The number of fused-ring (bicyclic) bond motifs is 2. The zero-order valence-electron chi connectivity index (χ0n) is 12.4. The number of ketones is 1. The lowest BCUT2D eigenvalue weighted by Gasteiger charge is -2.32. The molecule has 1 saturated heterocycles. The van der Waals surface area contributed by atoms with E-state index < -0.39 is 11.3 Å². The minimum Gasteiger partial charge on any atom is -0.322 e. The van der Waals surface area contributed by atoms with Crippen molar-refractivity contribution in [3.05, 3.63) is 47.5 Å². The molecule has 0 saturated carbocycles. The van der Waals surface area contributed by atoms with Crippen LogP contribution < -0.4 is 5.32 Å². The first-order chi connectivity index (χ1) is 10.4. The topological polar surface area (TPSA) is 79.2 Å². The van der Waals surface area contributed by atoms with Gasteiger partial charge >= 0.3 is 0 Å². The van der Waals surface area contributed by atoms with Gasteiger partial charge in [0.25, 0.3) is 0 Å². The van der Waals surface area contributed by atoms with Gasteiger partial charge in [-0.15, -0.1) is 0 Å². The summed E-state index contributed by atoms with van der Waals surface area (Å²) in [6.45, 7) is 3.31. The fraction of sp³-hybridized carbons (Fsp3) is 0.353. The second-order valence-corrected chi connectivity index (χ2v) is 5.88. The number of nitrogens with zero attached hydrogens (tertiary/aromatic N) is 1. The molecule has 1 aromatic rings. The van der Waals surface area contributed by atoms with Crippen LogP contribution in [0, 0.1) is 18.3 Å². The highest BCUT2D eigenvalue weighted by molar-refractivity contribution is 6.01. The molecule has 3 atom stereocenters. The van der Waals surface area contributed by atoms with E-state index in [1.807, 2.05) is 31.2 Å². The highest BCUT2D eigenvalue weighted by Crippen LogP contribution is 2.50.